The zero-order valence-electron chi connectivity index (χ0n) is 15.5. The van der Waals surface area contributed by atoms with Crippen LogP contribution in [0.2, 0.25) is 0 Å². The molecule has 1 aromatic rings. The normalized spacial score (nSPS) is 16.8. The molecule has 1 aliphatic rings. The molecule has 1 aromatic carbocycles. The molecule has 0 N–H and O–H groups in total. The number of anilines is 1. The second-order valence-corrected chi connectivity index (χ2v) is 7.09. The number of hydrogen-bond donors (Lipinski definition) is 0. The van der Waals surface area contributed by atoms with Crippen LogP contribution in [-0.4, -0.2) is 49.5 Å². The van der Waals surface area contributed by atoms with Crippen molar-refractivity contribution in [1.82, 2.24) is 4.90 Å². The Labute approximate surface area is 144 Å². The summed E-state index contributed by atoms with van der Waals surface area (Å²) in [5.41, 5.74) is 2.35. The summed E-state index contributed by atoms with van der Waals surface area (Å²) in [4.78, 5) is 20.6. The first-order valence-electron chi connectivity index (χ1n) is 8.17. The van der Waals surface area contributed by atoms with Crippen LogP contribution >= 0.6 is 0 Å². The molecule has 5 nitrogen and oxygen atoms in total. The predicted octanol–water partition coefficient (Wildman–Crippen LogP) is 3.17. The number of aliphatic imine (C=N–C) groups is 1. The average molecular weight is 329 g/mol. The molecule has 0 fully saturated rings. The van der Waals surface area contributed by atoms with E-state index < -0.39 is 0 Å². The smallest absolute Gasteiger partial charge is 0.277 e. The highest BCUT2D eigenvalue weighted by molar-refractivity contribution is 6.13. The molecule has 2 rings (SSSR count). The van der Waals surface area contributed by atoms with Crippen molar-refractivity contribution in [3.63, 3.8) is 0 Å². The van der Waals surface area contributed by atoms with Gasteiger partial charge in [0, 0.05) is 19.8 Å². The molecular formula is C19H27N3O2. The van der Waals surface area contributed by atoms with E-state index in [2.05, 4.69) is 4.99 Å². The van der Waals surface area contributed by atoms with Crippen molar-refractivity contribution in [3.05, 3.63) is 35.5 Å². The summed E-state index contributed by atoms with van der Waals surface area (Å²) in [6.07, 6.45) is 1.83. The van der Waals surface area contributed by atoms with Crippen molar-refractivity contribution < 1.29 is 9.53 Å². The summed E-state index contributed by atoms with van der Waals surface area (Å²) >= 11 is 0. The third kappa shape index (κ3) is 4.68. The average Bonchev–Trinajstić information content (AvgIpc) is 2.74. The van der Waals surface area contributed by atoms with E-state index in [9.17, 15) is 4.79 Å². The van der Waals surface area contributed by atoms with E-state index in [1.165, 1.54) is 0 Å². The van der Waals surface area contributed by atoms with Crippen LogP contribution in [0.5, 0.6) is 0 Å². The van der Waals surface area contributed by atoms with Crippen molar-refractivity contribution in [2.75, 3.05) is 32.1 Å². The van der Waals surface area contributed by atoms with Crippen molar-refractivity contribution in [2.24, 2.45) is 4.99 Å². The van der Waals surface area contributed by atoms with E-state index in [0.29, 0.717) is 24.7 Å². The second-order valence-electron chi connectivity index (χ2n) is 7.09. The first-order chi connectivity index (χ1) is 11.2. The minimum atomic E-state index is -0.208. The number of benzene rings is 1. The Hall–Kier alpha value is -2.14. The molecule has 0 bridgehead atoms. The van der Waals surface area contributed by atoms with Crippen LogP contribution in [-0.2, 0) is 9.53 Å². The number of carbonyl (C=O) groups is 1. The molecule has 0 saturated carbocycles. The Balaban J connectivity index is 2.06. The third-order valence-corrected chi connectivity index (χ3v) is 3.70. The molecule has 0 aromatic heterocycles. The fourth-order valence-corrected chi connectivity index (χ4v) is 2.39. The highest BCUT2D eigenvalue weighted by Crippen LogP contribution is 2.20. The highest BCUT2D eigenvalue weighted by Gasteiger charge is 2.27. The topological polar surface area (TPSA) is 45.1 Å². The van der Waals surface area contributed by atoms with Gasteiger partial charge in [-0.3, -0.25) is 9.69 Å². The van der Waals surface area contributed by atoms with Gasteiger partial charge in [-0.1, -0.05) is 12.1 Å². The third-order valence-electron chi connectivity index (χ3n) is 3.70. The number of nitrogens with zero attached hydrogens (tertiary/aromatic N) is 3. The lowest BCUT2D eigenvalue weighted by molar-refractivity contribution is -0.123. The molecule has 130 valence electrons. The van der Waals surface area contributed by atoms with E-state index >= 15 is 0 Å². The Morgan fingerprint density at radius 3 is 2.38 bits per heavy atom. The molecule has 1 amide bonds. The number of amides is 1. The van der Waals surface area contributed by atoms with Gasteiger partial charge in [-0.15, -0.1) is 0 Å². The number of ether oxygens (including phenoxy) is 1. The van der Waals surface area contributed by atoms with Crippen LogP contribution in [0.15, 0.2) is 35.0 Å². The van der Waals surface area contributed by atoms with Gasteiger partial charge in [-0.05, 0) is 51.5 Å². The van der Waals surface area contributed by atoms with Gasteiger partial charge < -0.3 is 9.64 Å². The Morgan fingerprint density at radius 1 is 1.21 bits per heavy atom. The van der Waals surface area contributed by atoms with E-state index in [4.69, 9.17) is 4.74 Å². The summed E-state index contributed by atoms with van der Waals surface area (Å²) < 4.78 is 5.70. The van der Waals surface area contributed by atoms with Gasteiger partial charge in [0.25, 0.3) is 5.91 Å². The molecule has 0 saturated heterocycles. The van der Waals surface area contributed by atoms with Gasteiger partial charge in [0.2, 0.25) is 0 Å². The first-order valence-corrected chi connectivity index (χ1v) is 8.17. The Bertz CT molecular complexity index is 652. The van der Waals surface area contributed by atoms with Crippen LogP contribution in [0.1, 0.15) is 33.3 Å². The molecule has 0 spiro atoms. The van der Waals surface area contributed by atoms with Crippen LogP contribution < -0.4 is 4.90 Å². The van der Waals surface area contributed by atoms with Crippen LogP contribution in [0.4, 0.5) is 5.69 Å². The number of amidine groups is 1. The Morgan fingerprint density at radius 2 is 1.83 bits per heavy atom. The fourth-order valence-electron chi connectivity index (χ4n) is 2.39. The maximum absolute atomic E-state index is 12.5. The number of carbonyl (C=O) groups excluding carboxylic acids is 1. The van der Waals surface area contributed by atoms with Gasteiger partial charge in [-0.25, -0.2) is 4.99 Å². The summed E-state index contributed by atoms with van der Waals surface area (Å²) in [6, 6.07) is 8.03. The summed E-state index contributed by atoms with van der Waals surface area (Å²) in [7, 11) is 4.00. The van der Waals surface area contributed by atoms with Crippen molar-refractivity contribution in [2.45, 2.75) is 33.3 Å². The molecule has 5 heteroatoms. The van der Waals surface area contributed by atoms with E-state index in [1.54, 1.807) is 4.90 Å². The van der Waals surface area contributed by atoms with Gasteiger partial charge in [0.15, 0.2) is 0 Å². The number of rotatable bonds is 5. The minimum absolute atomic E-state index is 0.0679. The fraction of sp³-hybridized carbons (Fsp3) is 0.474. The van der Waals surface area contributed by atoms with Crippen LogP contribution in [0, 0.1) is 0 Å². The molecule has 0 atom stereocenters. The van der Waals surface area contributed by atoms with E-state index in [0.717, 1.165) is 11.3 Å². The SMILES string of the molecule is CC1=N/C(=C/c2ccc(N(C)C)cc2)C(=O)N1CCOC(C)(C)C. The Kier molecular flexibility index (Phi) is 5.44. The minimum Gasteiger partial charge on any atom is -0.378 e. The monoisotopic (exact) mass is 329 g/mol. The first kappa shape index (κ1) is 18.2. The lowest BCUT2D eigenvalue weighted by Gasteiger charge is -2.22. The van der Waals surface area contributed by atoms with E-state index in [1.807, 2.05) is 77.0 Å². The standard InChI is InChI=1S/C19H27N3O2/c1-14-20-17(13-15-7-9-16(10-8-15)21(5)6)18(23)22(14)11-12-24-19(2,3)4/h7-10,13H,11-12H2,1-6H3/b17-13+. The zero-order chi connectivity index (χ0) is 17.9. The molecule has 0 aliphatic carbocycles. The quantitative estimate of drug-likeness (QED) is 0.780. The van der Waals surface area contributed by atoms with Gasteiger partial charge >= 0.3 is 0 Å². The predicted molar refractivity (Wildman–Crippen MR) is 99.3 cm³/mol. The van der Waals surface area contributed by atoms with Crippen molar-refractivity contribution >= 4 is 23.5 Å². The largest absolute Gasteiger partial charge is 0.378 e. The maximum Gasteiger partial charge on any atom is 0.277 e. The molecule has 0 radical (unpaired) electrons. The zero-order valence-corrected chi connectivity index (χ0v) is 15.5. The van der Waals surface area contributed by atoms with E-state index in [-0.39, 0.29) is 11.5 Å². The van der Waals surface area contributed by atoms with Gasteiger partial charge in [0.1, 0.15) is 11.5 Å². The maximum atomic E-state index is 12.5. The van der Waals surface area contributed by atoms with Crippen molar-refractivity contribution in [3.8, 4) is 0 Å². The number of hydrogen-bond acceptors (Lipinski definition) is 4. The van der Waals surface area contributed by atoms with Gasteiger partial charge in [-0.2, -0.15) is 0 Å². The molecule has 1 heterocycles. The van der Waals surface area contributed by atoms with Gasteiger partial charge in [0.05, 0.1) is 18.8 Å². The summed E-state index contributed by atoms with van der Waals surface area (Å²) in [5.74, 6) is 0.648. The van der Waals surface area contributed by atoms with Crippen LogP contribution in [0.3, 0.4) is 0 Å². The lowest BCUT2D eigenvalue weighted by atomic mass is 10.1. The highest BCUT2D eigenvalue weighted by atomic mass is 16.5. The molecule has 1 aliphatic heterocycles. The molecule has 0 unspecified atom stereocenters. The van der Waals surface area contributed by atoms with Crippen LogP contribution in [0.25, 0.3) is 6.08 Å². The molecular weight excluding hydrogens is 302 g/mol. The summed E-state index contributed by atoms with van der Waals surface area (Å²) in [6.45, 7) is 8.87. The summed E-state index contributed by atoms with van der Waals surface area (Å²) in [5, 5.41) is 0. The molecule has 24 heavy (non-hydrogen) atoms. The second kappa shape index (κ2) is 7.18. The lowest BCUT2D eigenvalue weighted by Crippen LogP contribution is -2.35. The van der Waals surface area contributed by atoms with Crippen molar-refractivity contribution in [1.29, 1.82) is 0 Å².